The first-order chi connectivity index (χ1) is 11.0. The Kier molecular flexibility index (Phi) is 4.04. The summed E-state index contributed by atoms with van der Waals surface area (Å²) in [4.78, 5) is 27.2. The Bertz CT molecular complexity index is 914. The molecule has 3 rings (SSSR count). The number of nitrogens with one attached hydrogen (secondary N) is 2. The number of nitrogens with zero attached hydrogens (tertiary/aromatic N) is 1. The first-order valence-corrected chi connectivity index (χ1v) is 7.36. The highest BCUT2D eigenvalue weighted by atomic mass is 35.5. The van der Waals surface area contributed by atoms with Crippen LogP contribution < -0.4 is 10.7 Å². The Morgan fingerprint density at radius 2 is 1.96 bits per heavy atom. The van der Waals surface area contributed by atoms with Gasteiger partial charge in [0.25, 0.3) is 5.91 Å². The van der Waals surface area contributed by atoms with Gasteiger partial charge in [-0.1, -0.05) is 11.6 Å². The second-order valence-corrected chi connectivity index (χ2v) is 5.54. The molecule has 0 aliphatic carbocycles. The van der Waals surface area contributed by atoms with E-state index in [1.807, 2.05) is 29.1 Å². The van der Waals surface area contributed by atoms with Crippen LogP contribution in [0.3, 0.4) is 0 Å². The highest BCUT2D eigenvalue weighted by Crippen LogP contribution is 2.25. The van der Waals surface area contributed by atoms with Gasteiger partial charge in [-0.15, -0.1) is 0 Å². The quantitative estimate of drug-likeness (QED) is 0.774. The van der Waals surface area contributed by atoms with E-state index >= 15 is 0 Å². The van der Waals surface area contributed by atoms with Crippen LogP contribution in [0.5, 0.6) is 0 Å². The van der Waals surface area contributed by atoms with Crippen LogP contribution in [-0.4, -0.2) is 15.5 Å². The lowest BCUT2D eigenvalue weighted by molar-refractivity contribution is 0.102. The number of hydrogen-bond donors (Lipinski definition) is 2. The molecule has 0 aliphatic heterocycles. The van der Waals surface area contributed by atoms with Gasteiger partial charge >= 0.3 is 0 Å². The third-order valence-corrected chi connectivity index (χ3v) is 3.63. The monoisotopic (exact) mass is 327 g/mol. The van der Waals surface area contributed by atoms with E-state index in [2.05, 4.69) is 10.3 Å². The predicted octanol–water partition coefficient (Wildman–Crippen LogP) is 3.38. The first kappa shape index (κ1) is 15.1. The normalized spacial score (nSPS) is 10.5. The van der Waals surface area contributed by atoms with Crippen LogP contribution in [0.2, 0.25) is 5.02 Å². The van der Waals surface area contributed by atoms with Crippen molar-refractivity contribution in [2.75, 3.05) is 5.32 Å². The summed E-state index contributed by atoms with van der Waals surface area (Å²) in [5.41, 5.74) is 1.72. The van der Waals surface area contributed by atoms with Gasteiger partial charge in [0.05, 0.1) is 11.4 Å². The summed E-state index contributed by atoms with van der Waals surface area (Å²) in [5.74, 6) is -0.470. The summed E-state index contributed by atoms with van der Waals surface area (Å²) in [5, 5.41) is 3.32. The van der Waals surface area contributed by atoms with E-state index in [1.165, 1.54) is 12.3 Å². The summed E-state index contributed by atoms with van der Waals surface area (Å²) in [7, 11) is 0. The number of H-pyrrole nitrogens is 1. The maximum absolute atomic E-state index is 12.4. The summed E-state index contributed by atoms with van der Waals surface area (Å²) in [6.07, 6.45) is 5.11. The molecule has 3 aromatic rings. The average molecular weight is 328 g/mol. The van der Waals surface area contributed by atoms with E-state index in [4.69, 9.17) is 11.6 Å². The van der Waals surface area contributed by atoms with Crippen LogP contribution >= 0.6 is 11.6 Å². The van der Waals surface area contributed by atoms with Crippen LogP contribution in [0.15, 0.2) is 59.8 Å². The Morgan fingerprint density at radius 3 is 2.65 bits per heavy atom. The van der Waals surface area contributed by atoms with Gasteiger partial charge < -0.3 is 14.9 Å². The molecule has 0 saturated carbocycles. The highest BCUT2D eigenvalue weighted by molar-refractivity contribution is 6.31. The molecular formula is C17H14ClN3O2. The number of aromatic nitrogens is 2. The molecule has 5 nitrogen and oxygen atoms in total. The number of halogens is 1. The maximum atomic E-state index is 12.4. The third-order valence-electron chi connectivity index (χ3n) is 3.39. The number of anilines is 1. The Morgan fingerprint density at radius 1 is 1.22 bits per heavy atom. The van der Waals surface area contributed by atoms with Crippen molar-refractivity contribution < 1.29 is 4.79 Å². The van der Waals surface area contributed by atoms with E-state index in [0.717, 1.165) is 5.69 Å². The minimum Gasteiger partial charge on any atom is -0.364 e. The van der Waals surface area contributed by atoms with E-state index in [9.17, 15) is 9.59 Å². The molecule has 0 radical (unpaired) electrons. The largest absolute Gasteiger partial charge is 0.364 e. The number of hydrogen-bond acceptors (Lipinski definition) is 2. The van der Waals surface area contributed by atoms with E-state index in [0.29, 0.717) is 16.4 Å². The summed E-state index contributed by atoms with van der Waals surface area (Å²) in [6.45, 7) is 1.76. The molecule has 2 heterocycles. The molecule has 0 unspecified atom stereocenters. The molecule has 0 bridgehead atoms. The summed E-state index contributed by atoms with van der Waals surface area (Å²) in [6, 6.07) is 10.3. The molecule has 6 heteroatoms. The fourth-order valence-corrected chi connectivity index (χ4v) is 2.43. The number of pyridine rings is 1. The Balaban J connectivity index is 1.97. The molecule has 0 atom stereocenters. The fourth-order valence-electron chi connectivity index (χ4n) is 2.26. The third kappa shape index (κ3) is 3.19. The number of amides is 1. The van der Waals surface area contributed by atoms with Crippen LogP contribution in [0.1, 0.15) is 16.1 Å². The number of carbonyl (C=O) groups excluding carboxylic acids is 1. The van der Waals surface area contributed by atoms with E-state index < -0.39 is 5.91 Å². The zero-order valence-electron chi connectivity index (χ0n) is 12.3. The Hall–Kier alpha value is -2.79. The molecule has 2 N–H and O–H groups in total. The van der Waals surface area contributed by atoms with Crippen molar-refractivity contribution in [1.29, 1.82) is 0 Å². The molecule has 0 aliphatic rings. The predicted molar refractivity (Wildman–Crippen MR) is 90.5 cm³/mol. The number of carbonyl (C=O) groups is 1. The van der Waals surface area contributed by atoms with Gasteiger partial charge in [0, 0.05) is 35.4 Å². The van der Waals surface area contributed by atoms with Gasteiger partial charge in [-0.2, -0.15) is 0 Å². The van der Waals surface area contributed by atoms with Crippen molar-refractivity contribution in [3.05, 3.63) is 81.5 Å². The summed E-state index contributed by atoms with van der Waals surface area (Å²) >= 11 is 6.05. The van der Waals surface area contributed by atoms with Gasteiger partial charge in [0.15, 0.2) is 5.43 Å². The molecule has 23 heavy (non-hydrogen) atoms. The smallest absolute Gasteiger partial charge is 0.261 e. The van der Waals surface area contributed by atoms with Gasteiger partial charge in [0.1, 0.15) is 5.56 Å². The van der Waals surface area contributed by atoms with Crippen LogP contribution in [0, 0.1) is 6.92 Å². The topological polar surface area (TPSA) is 66.9 Å². The summed E-state index contributed by atoms with van der Waals surface area (Å²) < 4.78 is 1.83. The van der Waals surface area contributed by atoms with E-state index in [-0.39, 0.29) is 11.0 Å². The molecule has 0 spiro atoms. The number of rotatable bonds is 3. The molecule has 0 saturated heterocycles. The van der Waals surface area contributed by atoms with Crippen molar-refractivity contribution >= 4 is 23.2 Å². The standard InChI is InChI=1S/C17H14ClN3O2/c1-11-8-16(22)13(10-19-11)17(23)20-14-5-4-12(18)9-15(14)21-6-2-3-7-21/h2-10H,1H3,(H,19,22)(H,20,23). The number of benzene rings is 1. The van der Waals surface area contributed by atoms with Gasteiger partial charge in [-0.05, 0) is 37.3 Å². The number of aryl methyl sites for hydroxylation is 1. The van der Waals surface area contributed by atoms with Gasteiger partial charge in [0.2, 0.25) is 0 Å². The van der Waals surface area contributed by atoms with Crippen molar-refractivity contribution in [2.45, 2.75) is 6.92 Å². The fraction of sp³-hybridized carbons (Fsp3) is 0.0588. The van der Waals surface area contributed by atoms with Crippen molar-refractivity contribution in [2.24, 2.45) is 0 Å². The lowest BCUT2D eigenvalue weighted by atomic mass is 10.2. The van der Waals surface area contributed by atoms with Crippen LogP contribution in [0.25, 0.3) is 5.69 Å². The Labute approximate surface area is 137 Å². The average Bonchev–Trinajstić information content (AvgIpc) is 3.03. The molecular weight excluding hydrogens is 314 g/mol. The second kappa shape index (κ2) is 6.14. The highest BCUT2D eigenvalue weighted by Gasteiger charge is 2.13. The van der Waals surface area contributed by atoms with Gasteiger partial charge in [-0.3, -0.25) is 9.59 Å². The molecule has 0 fully saturated rings. The molecule has 2 aromatic heterocycles. The minimum absolute atomic E-state index is 0.0593. The SMILES string of the molecule is Cc1cc(=O)c(C(=O)Nc2ccc(Cl)cc2-n2cccc2)c[nH]1. The lowest BCUT2D eigenvalue weighted by Gasteiger charge is -2.12. The molecule has 1 aromatic carbocycles. The van der Waals surface area contributed by atoms with Crippen molar-refractivity contribution in [3.8, 4) is 5.69 Å². The van der Waals surface area contributed by atoms with Crippen molar-refractivity contribution in [1.82, 2.24) is 9.55 Å². The first-order valence-electron chi connectivity index (χ1n) is 6.98. The van der Waals surface area contributed by atoms with Crippen LogP contribution in [0.4, 0.5) is 5.69 Å². The second-order valence-electron chi connectivity index (χ2n) is 5.10. The molecule has 116 valence electrons. The number of aromatic amines is 1. The maximum Gasteiger partial charge on any atom is 0.261 e. The lowest BCUT2D eigenvalue weighted by Crippen LogP contribution is -2.22. The van der Waals surface area contributed by atoms with Gasteiger partial charge in [-0.25, -0.2) is 0 Å². The minimum atomic E-state index is -0.470. The van der Waals surface area contributed by atoms with Crippen molar-refractivity contribution in [3.63, 3.8) is 0 Å². The zero-order valence-corrected chi connectivity index (χ0v) is 13.1. The molecule has 1 amide bonds. The van der Waals surface area contributed by atoms with E-state index in [1.54, 1.807) is 25.1 Å². The van der Waals surface area contributed by atoms with Crippen LogP contribution in [-0.2, 0) is 0 Å². The zero-order chi connectivity index (χ0) is 16.4.